The van der Waals surface area contributed by atoms with Crippen LogP contribution in [-0.2, 0) is 22.3 Å². The zero-order valence-corrected chi connectivity index (χ0v) is 8.05. The Labute approximate surface area is 82.9 Å². The van der Waals surface area contributed by atoms with E-state index in [-0.39, 0.29) is 0 Å². The van der Waals surface area contributed by atoms with Gasteiger partial charge < -0.3 is 0 Å². The van der Waals surface area contributed by atoms with Crippen molar-refractivity contribution in [3.05, 3.63) is 35.9 Å². The fourth-order valence-electron chi connectivity index (χ4n) is 0.707. The Kier molecular flexibility index (Phi) is 7.26. The van der Waals surface area contributed by atoms with Crippen molar-refractivity contribution in [2.75, 3.05) is 0 Å². The lowest BCUT2D eigenvalue weighted by atomic mass is 10.2. The normalized spacial score (nSPS) is 8.43. The van der Waals surface area contributed by atoms with Gasteiger partial charge >= 0.3 is 0 Å². The molecule has 0 aromatic heterocycles. The molecule has 0 aliphatic heterocycles. The average Bonchev–Trinajstić information content (AvgIpc) is 2.15. The molecular weight excluding hydrogens is 206 g/mol. The maximum absolute atomic E-state index is 9.69. The monoisotopic (exact) mass is 215 g/mol. The second-order valence-electron chi connectivity index (χ2n) is 2.13. The van der Waals surface area contributed by atoms with Crippen molar-refractivity contribution in [2.24, 2.45) is 4.99 Å². The van der Waals surface area contributed by atoms with Crippen LogP contribution in [0.1, 0.15) is 5.56 Å². The van der Waals surface area contributed by atoms with Crippen LogP contribution in [0, 0.1) is 0 Å². The third-order valence-corrected chi connectivity index (χ3v) is 1.17. The molecule has 5 nitrogen and oxygen atoms in total. The van der Waals surface area contributed by atoms with Gasteiger partial charge in [-0.15, -0.1) is 0 Å². The van der Waals surface area contributed by atoms with Crippen LogP contribution < -0.4 is 0 Å². The minimum absolute atomic E-state index is 0.435. The Hall–Kier alpha value is -1.49. The molecule has 0 aliphatic carbocycles. The molecule has 0 amide bonds. The summed E-state index contributed by atoms with van der Waals surface area (Å²) >= 11 is 0. The van der Waals surface area contributed by atoms with E-state index < -0.39 is 11.0 Å². The smallest absolute Gasteiger partial charge is 0.254 e. The number of aliphatic imine (C=N–C) groups is 1. The molecule has 0 bridgehead atoms. The third-order valence-electron chi connectivity index (χ3n) is 1.17. The van der Waals surface area contributed by atoms with Crippen LogP contribution >= 0.6 is 0 Å². The Morgan fingerprint density at radius 2 is 1.79 bits per heavy atom. The summed E-state index contributed by atoms with van der Waals surface area (Å²) in [6.45, 7) is 0.435. The fourth-order valence-corrected chi connectivity index (χ4v) is 0.707. The van der Waals surface area contributed by atoms with E-state index >= 15 is 0 Å². The summed E-state index contributed by atoms with van der Waals surface area (Å²) in [5.41, 5.74) is 1.03. The first-order valence-corrected chi connectivity index (χ1v) is 4.70. The van der Waals surface area contributed by atoms with Crippen molar-refractivity contribution in [1.29, 1.82) is 0 Å². The number of hydrogen-bond acceptors (Lipinski definition) is 4. The highest BCUT2D eigenvalue weighted by molar-refractivity contribution is 7.66. The molecule has 76 valence electrons. The van der Waals surface area contributed by atoms with E-state index in [1.165, 1.54) is 6.08 Å². The molecule has 0 atom stereocenters. The van der Waals surface area contributed by atoms with E-state index in [4.69, 9.17) is 13.0 Å². The van der Waals surface area contributed by atoms with Crippen molar-refractivity contribution >= 4 is 17.1 Å². The van der Waals surface area contributed by atoms with E-state index in [9.17, 15) is 4.79 Å². The van der Waals surface area contributed by atoms with Crippen molar-refractivity contribution in [2.45, 2.75) is 6.54 Å². The van der Waals surface area contributed by atoms with E-state index in [0.717, 1.165) is 5.56 Å². The standard InChI is InChI=1S/C8H7NO.H2O3S/c10-7-9-6-8-4-2-1-3-5-8;1-4(2)3/h1-5H,6H2;4H,(H,1,2,3). The predicted octanol–water partition coefficient (Wildman–Crippen LogP) is 0.593. The molecule has 0 saturated heterocycles. The van der Waals surface area contributed by atoms with Crippen LogP contribution in [0.2, 0.25) is 0 Å². The molecular formula is C8H9NO4S. The lowest BCUT2D eigenvalue weighted by molar-refractivity contribution is 0.509. The Bertz CT molecular complexity index is 360. The molecule has 1 N–H and O–H groups in total. The molecule has 0 fully saturated rings. The molecule has 1 aromatic rings. The van der Waals surface area contributed by atoms with Gasteiger partial charge in [-0.1, -0.05) is 30.3 Å². The summed E-state index contributed by atoms with van der Waals surface area (Å²) in [6.07, 6.45) is 1.49. The van der Waals surface area contributed by atoms with Crippen LogP contribution in [0.5, 0.6) is 0 Å². The maximum atomic E-state index is 9.69. The average molecular weight is 215 g/mol. The Morgan fingerprint density at radius 3 is 2.21 bits per heavy atom. The lowest BCUT2D eigenvalue weighted by Gasteiger charge is -1.89. The van der Waals surface area contributed by atoms with E-state index in [0.29, 0.717) is 6.54 Å². The van der Waals surface area contributed by atoms with Crippen molar-refractivity contribution < 1.29 is 17.8 Å². The highest BCUT2D eigenvalue weighted by atomic mass is 32.2. The second-order valence-corrected chi connectivity index (χ2v) is 2.61. The van der Waals surface area contributed by atoms with Gasteiger partial charge in [-0.25, -0.2) is 18.2 Å². The summed E-state index contributed by atoms with van der Waals surface area (Å²) in [6, 6.07) is 9.58. The molecule has 14 heavy (non-hydrogen) atoms. The third kappa shape index (κ3) is 8.61. The first-order valence-electron chi connectivity index (χ1n) is 3.57. The van der Waals surface area contributed by atoms with Crippen LogP contribution in [0.15, 0.2) is 35.3 Å². The van der Waals surface area contributed by atoms with E-state index in [1.54, 1.807) is 0 Å². The summed E-state index contributed by atoms with van der Waals surface area (Å²) in [4.78, 5) is 13.1. The molecule has 0 aliphatic rings. The van der Waals surface area contributed by atoms with Gasteiger partial charge in [0.25, 0.3) is 11.0 Å². The molecule has 0 unspecified atom stereocenters. The topological polar surface area (TPSA) is 83.8 Å². The van der Waals surface area contributed by atoms with Crippen LogP contribution in [-0.4, -0.2) is 19.1 Å². The summed E-state index contributed by atoms with van der Waals surface area (Å²) in [7, 11) is -3.12. The number of rotatable bonds is 2. The van der Waals surface area contributed by atoms with Crippen LogP contribution in [0.4, 0.5) is 0 Å². The molecule has 1 aromatic carbocycles. The van der Waals surface area contributed by atoms with Crippen LogP contribution in [0.25, 0.3) is 0 Å². The van der Waals surface area contributed by atoms with E-state index in [1.807, 2.05) is 30.3 Å². The highest BCUT2D eigenvalue weighted by Gasteiger charge is 1.84. The summed E-state index contributed by atoms with van der Waals surface area (Å²) < 4.78 is 24.2. The number of benzene rings is 1. The largest absolute Gasteiger partial charge is 0.288 e. The van der Waals surface area contributed by atoms with Gasteiger partial charge in [-0.2, -0.15) is 0 Å². The van der Waals surface area contributed by atoms with Crippen LogP contribution in [0.3, 0.4) is 0 Å². The van der Waals surface area contributed by atoms with Gasteiger partial charge in [0.15, 0.2) is 0 Å². The second kappa shape index (κ2) is 8.12. The lowest BCUT2D eigenvalue weighted by Crippen LogP contribution is -1.77. The van der Waals surface area contributed by atoms with Crippen molar-refractivity contribution in [3.63, 3.8) is 0 Å². The number of thiol groups is 1. The van der Waals surface area contributed by atoms with Gasteiger partial charge in [-0.3, -0.25) is 4.55 Å². The molecule has 0 saturated carbocycles. The fraction of sp³-hybridized carbons (Fsp3) is 0.125. The molecule has 1 rings (SSSR count). The molecule has 0 spiro atoms. The predicted molar refractivity (Wildman–Crippen MR) is 51.2 cm³/mol. The number of isocyanates is 1. The summed E-state index contributed by atoms with van der Waals surface area (Å²) in [5, 5.41) is 0. The zero-order chi connectivity index (χ0) is 10.8. The quantitative estimate of drug-likeness (QED) is 0.327. The first-order chi connectivity index (χ1) is 6.66. The number of hydrogen-bond donors (Lipinski definition) is 2. The minimum Gasteiger partial charge on any atom is -0.288 e. The van der Waals surface area contributed by atoms with Gasteiger partial charge in [0.1, 0.15) is 0 Å². The Balaban J connectivity index is 0.000000364. The zero-order valence-electron chi connectivity index (χ0n) is 7.16. The Morgan fingerprint density at radius 1 is 1.29 bits per heavy atom. The summed E-state index contributed by atoms with van der Waals surface area (Å²) in [5.74, 6) is 0. The highest BCUT2D eigenvalue weighted by Crippen LogP contribution is 1.98. The molecule has 6 heteroatoms. The number of nitrogens with zero attached hydrogens (tertiary/aromatic N) is 1. The van der Waals surface area contributed by atoms with Gasteiger partial charge in [0.05, 0.1) is 6.54 Å². The van der Waals surface area contributed by atoms with Gasteiger partial charge in [-0.05, 0) is 5.56 Å². The van der Waals surface area contributed by atoms with Crippen molar-refractivity contribution in [3.8, 4) is 0 Å². The van der Waals surface area contributed by atoms with Gasteiger partial charge in [0, 0.05) is 0 Å². The molecule has 0 heterocycles. The first kappa shape index (κ1) is 12.5. The SMILES string of the molecule is O=C=NCc1ccccc1.O=[SH](=O)O. The van der Waals surface area contributed by atoms with Crippen molar-refractivity contribution in [1.82, 2.24) is 0 Å². The number of carbonyl (C=O) groups excluding carboxylic acids is 1. The molecule has 0 radical (unpaired) electrons. The minimum atomic E-state index is -3.12. The van der Waals surface area contributed by atoms with Gasteiger partial charge in [0.2, 0.25) is 6.08 Å². The maximum Gasteiger partial charge on any atom is 0.254 e. The van der Waals surface area contributed by atoms with E-state index in [2.05, 4.69) is 4.99 Å².